The standard InChI is InChI=1S/C10H20N2O2/c1-8(3-5-13)6-12-10(14)9-2-4-11-7-9/h8-9,11,13H,2-7H2,1H3,(H,12,14). The molecule has 0 spiro atoms. The molecule has 0 aromatic heterocycles. The molecule has 4 heteroatoms. The van der Waals surface area contributed by atoms with Crippen LogP contribution in [-0.4, -0.2) is 37.3 Å². The van der Waals surface area contributed by atoms with Crippen LogP contribution in [0.25, 0.3) is 0 Å². The Bertz CT molecular complexity index is 179. The molecule has 14 heavy (non-hydrogen) atoms. The number of amides is 1. The minimum Gasteiger partial charge on any atom is -0.396 e. The van der Waals surface area contributed by atoms with Crippen LogP contribution in [0.15, 0.2) is 0 Å². The molecule has 1 amide bonds. The SMILES string of the molecule is CC(CCO)CNC(=O)C1CCNC1. The summed E-state index contributed by atoms with van der Waals surface area (Å²) in [6, 6.07) is 0. The Morgan fingerprint density at radius 1 is 1.71 bits per heavy atom. The van der Waals surface area contributed by atoms with Crippen molar-refractivity contribution in [1.82, 2.24) is 10.6 Å². The second-order valence-electron chi connectivity index (χ2n) is 4.05. The first-order chi connectivity index (χ1) is 6.74. The number of aliphatic hydroxyl groups is 1. The molecule has 82 valence electrons. The topological polar surface area (TPSA) is 61.4 Å². The van der Waals surface area contributed by atoms with Gasteiger partial charge >= 0.3 is 0 Å². The van der Waals surface area contributed by atoms with Gasteiger partial charge in [-0.15, -0.1) is 0 Å². The van der Waals surface area contributed by atoms with Gasteiger partial charge in [0.1, 0.15) is 0 Å². The molecule has 2 unspecified atom stereocenters. The van der Waals surface area contributed by atoms with Crippen LogP contribution in [0, 0.1) is 11.8 Å². The summed E-state index contributed by atoms with van der Waals surface area (Å²) in [5.74, 6) is 0.662. The quantitative estimate of drug-likeness (QED) is 0.572. The Morgan fingerprint density at radius 3 is 3.07 bits per heavy atom. The molecule has 0 saturated carbocycles. The largest absolute Gasteiger partial charge is 0.396 e. The highest BCUT2D eigenvalue weighted by Gasteiger charge is 2.22. The Kier molecular flexibility index (Phi) is 4.90. The number of carbonyl (C=O) groups excluding carboxylic acids is 1. The zero-order chi connectivity index (χ0) is 10.4. The first kappa shape index (κ1) is 11.5. The highest BCUT2D eigenvalue weighted by atomic mass is 16.3. The maximum Gasteiger partial charge on any atom is 0.224 e. The number of rotatable bonds is 5. The maximum absolute atomic E-state index is 11.5. The summed E-state index contributed by atoms with van der Waals surface area (Å²) in [5, 5.41) is 14.8. The van der Waals surface area contributed by atoms with Gasteiger partial charge in [0.2, 0.25) is 5.91 Å². The number of hydrogen-bond donors (Lipinski definition) is 3. The predicted octanol–water partition coefficient (Wildman–Crippen LogP) is -0.269. The van der Waals surface area contributed by atoms with Crippen molar-refractivity contribution in [2.75, 3.05) is 26.2 Å². The summed E-state index contributed by atoms with van der Waals surface area (Å²) in [4.78, 5) is 11.5. The van der Waals surface area contributed by atoms with E-state index in [2.05, 4.69) is 10.6 Å². The Balaban J connectivity index is 2.13. The van der Waals surface area contributed by atoms with Gasteiger partial charge in [-0.2, -0.15) is 0 Å². The van der Waals surface area contributed by atoms with Crippen LogP contribution < -0.4 is 10.6 Å². The van der Waals surface area contributed by atoms with Gasteiger partial charge in [0.15, 0.2) is 0 Å². The third-order valence-electron chi connectivity index (χ3n) is 2.68. The number of nitrogens with one attached hydrogen (secondary N) is 2. The third kappa shape index (κ3) is 3.64. The first-order valence-corrected chi connectivity index (χ1v) is 5.33. The maximum atomic E-state index is 11.5. The molecule has 0 radical (unpaired) electrons. The van der Waals surface area contributed by atoms with Crippen molar-refractivity contribution in [1.29, 1.82) is 0 Å². The summed E-state index contributed by atoms with van der Waals surface area (Å²) in [7, 11) is 0. The van der Waals surface area contributed by atoms with Crippen molar-refractivity contribution < 1.29 is 9.90 Å². The van der Waals surface area contributed by atoms with Gasteiger partial charge in [-0.3, -0.25) is 4.79 Å². The lowest BCUT2D eigenvalue weighted by atomic mass is 10.1. The van der Waals surface area contributed by atoms with Crippen molar-refractivity contribution in [3.63, 3.8) is 0 Å². The minimum atomic E-state index is 0.149. The van der Waals surface area contributed by atoms with Crippen molar-refractivity contribution in [3.05, 3.63) is 0 Å². The average molecular weight is 200 g/mol. The lowest BCUT2D eigenvalue weighted by molar-refractivity contribution is -0.124. The van der Waals surface area contributed by atoms with E-state index in [1.54, 1.807) is 0 Å². The van der Waals surface area contributed by atoms with Crippen LogP contribution in [0.5, 0.6) is 0 Å². The van der Waals surface area contributed by atoms with E-state index in [1.165, 1.54) is 0 Å². The van der Waals surface area contributed by atoms with Crippen molar-refractivity contribution in [3.8, 4) is 0 Å². The fourth-order valence-corrected chi connectivity index (χ4v) is 1.62. The summed E-state index contributed by atoms with van der Waals surface area (Å²) in [5.41, 5.74) is 0. The molecular weight excluding hydrogens is 180 g/mol. The monoisotopic (exact) mass is 200 g/mol. The fraction of sp³-hybridized carbons (Fsp3) is 0.900. The van der Waals surface area contributed by atoms with Crippen LogP contribution in [0.2, 0.25) is 0 Å². The van der Waals surface area contributed by atoms with E-state index in [0.717, 1.165) is 25.9 Å². The molecule has 1 aliphatic heterocycles. The summed E-state index contributed by atoms with van der Waals surface area (Å²) in [6.07, 6.45) is 1.70. The van der Waals surface area contributed by atoms with Crippen LogP contribution in [0.4, 0.5) is 0 Å². The molecule has 0 aromatic carbocycles. The van der Waals surface area contributed by atoms with Crippen LogP contribution in [0.1, 0.15) is 19.8 Å². The summed E-state index contributed by atoms with van der Waals surface area (Å²) < 4.78 is 0. The molecular formula is C10H20N2O2. The van der Waals surface area contributed by atoms with Crippen LogP contribution >= 0.6 is 0 Å². The Hall–Kier alpha value is -0.610. The highest BCUT2D eigenvalue weighted by Crippen LogP contribution is 2.07. The van der Waals surface area contributed by atoms with E-state index in [4.69, 9.17) is 5.11 Å². The number of carbonyl (C=O) groups is 1. The van der Waals surface area contributed by atoms with Gasteiger partial charge in [-0.1, -0.05) is 6.92 Å². The molecule has 1 aliphatic rings. The van der Waals surface area contributed by atoms with Crippen molar-refractivity contribution in [2.24, 2.45) is 11.8 Å². The van der Waals surface area contributed by atoms with Gasteiger partial charge in [-0.05, 0) is 25.3 Å². The zero-order valence-electron chi connectivity index (χ0n) is 8.75. The molecule has 1 heterocycles. The Morgan fingerprint density at radius 2 is 2.50 bits per heavy atom. The smallest absolute Gasteiger partial charge is 0.224 e. The molecule has 1 saturated heterocycles. The molecule has 3 N–H and O–H groups in total. The second-order valence-corrected chi connectivity index (χ2v) is 4.05. The van der Waals surface area contributed by atoms with Crippen LogP contribution in [0.3, 0.4) is 0 Å². The van der Waals surface area contributed by atoms with Gasteiger partial charge < -0.3 is 15.7 Å². The van der Waals surface area contributed by atoms with Gasteiger partial charge in [0, 0.05) is 19.7 Å². The van der Waals surface area contributed by atoms with Crippen molar-refractivity contribution in [2.45, 2.75) is 19.8 Å². The lowest BCUT2D eigenvalue weighted by Crippen LogP contribution is -2.34. The molecule has 0 aliphatic carbocycles. The molecule has 1 rings (SSSR count). The van der Waals surface area contributed by atoms with Gasteiger partial charge in [0.05, 0.1) is 5.92 Å². The van der Waals surface area contributed by atoms with Crippen LogP contribution in [-0.2, 0) is 4.79 Å². The fourth-order valence-electron chi connectivity index (χ4n) is 1.62. The number of aliphatic hydroxyl groups excluding tert-OH is 1. The predicted molar refractivity (Wildman–Crippen MR) is 54.9 cm³/mol. The van der Waals surface area contributed by atoms with E-state index >= 15 is 0 Å². The summed E-state index contributed by atoms with van der Waals surface area (Å²) >= 11 is 0. The zero-order valence-corrected chi connectivity index (χ0v) is 8.75. The lowest BCUT2D eigenvalue weighted by Gasteiger charge is -2.13. The van der Waals surface area contributed by atoms with E-state index in [0.29, 0.717) is 12.5 Å². The normalized spacial score (nSPS) is 23.4. The molecule has 2 atom stereocenters. The highest BCUT2D eigenvalue weighted by molar-refractivity contribution is 5.79. The molecule has 1 fully saturated rings. The van der Waals surface area contributed by atoms with E-state index in [-0.39, 0.29) is 18.4 Å². The van der Waals surface area contributed by atoms with E-state index in [9.17, 15) is 4.79 Å². The molecule has 4 nitrogen and oxygen atoms in total. The molecule has 0 aromatic rings. The summed E-state index contributed by atoms with van der Waals surface area (Å²) in [6.45, 7) is 4.66. The van der Waals surface area contributed by atoms with Gasteiger partial charge in [0.25, 0.3) is 0 Å². The van der Waals surface area contributed by atoms with Crippen molar-refractivity contribution >= 4 is 5.91 Å². The van der Waals surface area contributed by atoms with E-state index in [1.807, 2.05) is 6.92 Å². The first-order valence-electron chi connectivity index (χ1n) is 5.33. The minimum absolute atomic E-state index is 0.149. The van der Waals surface area contributed by atoms with Gasteiger partial charge in [-0.25, -0.2) is 0 Å². The number of hydrogen-bond acceptors (Lipinski definition) is 3. The molecule has 0 bridgehead atoms. The second kappa shape index (κ2) is 5.98. The third-order valence-corrected chi connectivity index (χ3v) is 2.68. The van der Waals surface area contributed by atoms with E-state index < -0.39 is 0 Å². The Labute approximate surface area is 85.1 Å². The average Bonchev–Trinajstić information content (AvgIpc) is 2.67.